The van der Waals surface area contributed by atoms with Crippen LogP contribution in [0.4, 0.5) is 10.5 Å². The van der Waals surface area contributed by atoms with E-state index in [-0.39, 0.29) is 12.1 Å². The molecule has 0 aliphatic carbocycles. The Hall–Kier alpha value is -2.38. The fourth-order valence-electron chi connectivity index (χ4n) is 3.44. The summed E-state index contributed by atoms with van der Waals surface area (Å²) >= 11 is 0. The van der Waals surface area contributed by atoms with Crippen molar-refractivity contribution < 1.29 is 13.2 Å². The quantitative estimate of drug-likeness (QED) is 0.744. The average Bonchev–Trinajstić information content (AvgIpc) is 2.71. The molecule has 2 aromatic carbocycles. The van der Waals surface area contributed by atoms with Gasteiger partial charge in [-0.25, -0.2) is 17.9 Å². The van der Waals surface area contributed by atoms with Crippen LogP contribution in [0.3, 0.4) is 0 Å². The number of benzene rings is 2. The van der Waals surface area contributed by atoms with Crippen molar-refractivity contribution in [1.82, 2.24) is 9.62 Å². The van der Waals surface area contributed by atoms with E-state index >= 15 is 0 Å². The minimum Gasteiger partial charge on any atom is -0.324 e. The Morgan fingerprint density at radius 1 is 0.967 bits per heavy atom. The zero-order chi connectivity index (χ0) is 21.9. The summed E-state index contributed by atoms with van der Waals surface area (Å²) in [5, 5.41) is 2.49. The third-order valence-corrected chi connectivity index (χ3v) is 7.61. The molecule has 162 valence electrons. The molecule has 1 fully saturated rings. The summed E-state index contributed by atoms with van der Waals surface area (Å²) in [6.07, 6.45) is 1.23. The van der Waals surface area contributed by atoms with Gasteiger partial charge in [0.25, 0.3) is 0 Å². The lowest BCUT2D eigenvalue weighted by Gasteiger charge is -2.32. The Kier molecular flexibility index (Phi) is 6.83. The lowest BCUT2D eigenvalue weighted by molar-refractivity contribution is 0.193. The number of anilines is 1. The number of hydrogen-bond donors (Lipinski definition) is 2. The molecule has 3 rings (SSSR count). The Morgan fingerprint density at radius 2 is 1.57 bits per heavy atom. The third kappa shape index (κ3) is 5.40. The molecule has 2 aromatic rings. The number of sulfonamides is 1. The molecule has 1 aliphatic rings. The molecule has 0 radical (unpaired) electrons. The number of aryl methyl sites for hydroxylation is 2. The zero-order valence-corrected chi connectivity index (χ0v) is 18.9. The van der Waals surface area contributed by atoms with Crippen LogP contribution in [0, 0.1) is 13.8 Å². The van der Waals surface area contributed by atoms with E-state index in [2.05, 4.69) is 42.1 Å². The van der Waals surface area contributed by atoms with Crippen molar-refractivity contribution in [2.24, 2.45) is 0 Å². The highest BCUT2D eigenvalue weighted by Crippen LogP contribution is 2.24. The number of hydrogen-bond acceptors (Lipinski definition) is 3. The number of nitrogens with one attached hydrogen (secondary N) is 2. The van der Waals surface area contributed by atoms with Crippen molar-refractivity contribution in [3.8, 4) is 11.1 Å². The van der Waals surface area contributed by atoms with E-state index in [1.54, 1.807) is 18.7 Å². The topological polar surface area (TPSA) is 78.5 Å². The van der Waals surface area contributed by atoms with Crippen molar-refractivity contribution in [2.45, 2.75) is 51.8 Å². The summed E-state index contributed by atoms with van der Waals surface area (Å²) in [6.45, 7) is 8.58. The minimum atomic E-state index is -3.29. The van der Waals surface area contributed by atoms with Gasteiger partial charge in [0.1, 0.15) is 0 Å². The Labute approximate surface area is 179 Å². The van der Waals surface area contributed by atoms with Crippen LogP contribution in [0.15, 0.2) is 42.5 Å². The highest BCUT2D eigenvalue weighted by Gasteiger charge is 2.27. The van der Waals surface area contributed by atoms with Gasteiger partial charge >= 0.3 is 6.03 Å². The van der Waals surface area contributed by atoms with Gasteiger partial charge in [-0.15, -0.1) is 0 Å². The summed E-state index contributed by atoms with van der Waals surface area (Å²) in [5.74, 6) is 0. The van der Waals surface area contributed by atoms with Gasteiger partial charge in [0.15, 0.2) is 0 Å². The molecular weight excluding hydrogens is 398 g/mol. The van der Waals surface area contributed by atoms with Gasteiger partial charge < -0.3 is 10.2 Å². The molecule has 7 heteroatoms. The number of amides is 2. The van der Waals surface area contributed by atoms with Gasteiger partial charge in [-0.2, -0.15) is 0 Å². The summed E-state index contributed by atoms with van der Waals surface area (Å²) in [4.78, 5) is 14.3. The zero-order valence-electron chi connectivity index (χ0n) is 18.1. The molecule has 0 saturated carbocycles. The first-order chi connectivity index (χ1) is 14.2. The largest absolute Gasteiger partial charge is 0.324 e. The maximum absolute atomic E-state index is 12.6. The van der Waals surface area contributed by atoms with Gasteiger partial charge in [-0.05, 0) is 74.9 Å². The van der Waals surface area contributed by atoms with E-state index in [0.717, 1.165) is 16.8 Å². The monoisotopic (exact) mass is 429 g/mol. The highest BCUT2D eigenvalue weighted by molar-refractivity contribution is 7.90. The van der Waals surface area contributed by atoms with Crippen LogP contribution in [0.5, 0.6) is 0 Å². The Balaban J connectivity index is 1.55. The van der Waals surface area contributed by atoms with Gasteiger partial charge in [-0.1, -0.05) is 30.3 Å². The first-order valence-electron chi connectivity index (χ1n) is 10.4. The van der Waals surface area contributed by atoms with Crippen molar-refractivity contribution in [3.63, 3.8) is 0 Å². The van der Waals surface area contributed by atoms with E-state index in [0.29, 0.717) is 25.9 Å². The Morgan fingerprint density at radius 3 is 2.13 bits per heavy atom. The summed E-state index contributed by atoms with van der Waals surface area (Å²) in [6, 6.07) is 14.0. The molecule has 1 saturated heterocycles. The number of piperidine rings is 1. The maximum Gasteiger partial charge on any atom is 0.321 e. The van der Waals surface area contributed by atoms with Gasteiger partial charge in [0.2, 0.25) is 10.0 Å². The molecule has 1 heterocycles. The molecule has 2 amide bonds. The molecule has 6 nitrogen and oxygen atoms in total. The van der Waals surface area contributed by atoms with Crippen LogP contribution in [-0.2, 0) is 10.0 Å². The lowest BCUT2D eigenvalue weighted by atomic mass is 10.0. The molecule has 0 spiro atoms. The SMILES string of the molecule is Cc1ccc(-c2ccc(NC(=O)N3CCC(NS(=O)(=O)C(C)C)CC3)cc2)cc1C. The molecule has 30 heavy (non-hydrogen) atoms. The first-order valence-corrected chi connectivity index (χ1v) is 11.9. The fourth-order valence-corrected chi connectivity index (χ4v) is 4.41. The molecule has 0 aromatic heterocycles. The first kappa shape index (κ1) is 22.3. The second-order valence-corrected chi connectivity index (χ2v) is 10.5. The molecule has 1 aliphatic heterocycles. The normalized spacial score (nSPS) is 15.4. The number of rotatable bonds is 5. The van der Waals surface area contributed by atoms with Crippen LogP contribution in [0.2, 0.25) is 0 Å². The van der Waals surface area contributed by atoms with Crippen LogP contribution < -0.4 is 10.0 Å². The van der Waals surface area contributed by atoms with Crippen molar-refractivity contribution in [2.75, 3.05) is 18.4 Å². The fraction of sp³-hybridized carbons (Fsp3) is 0.435. The summed E-state index contributed by atoms with van der Waals surface area (Å²) in [5.41, 5.74) is 5.53. The molecule has 0 atom stereocenters. The highest BCUT2D eigenvalue weighted by atomic mass is 32.2. The van der Waals surface area contributed by atoms with E-state index in [4.69, 9.17) is 0 Å². The second-order valence-electron chi connectivity index (χ2n) is 8.28. The van der Waals surface area contributed by atoms with Crippen molar-refractivity contribution in [1.29, 1.82) is 0 Å². The van der Waals surface area contributed by atoms with Crippen LogP contribution in [-0.4, -0.2) is 43.7 Å². The van der Waals surface area contributed by atoms with Gasteiger partial charge in [0.05, 0.1) is 5.25 Å². The molecule has 0 unspecified atom stereocenters. The lowest BCUT2D eigenvalue weighted by Crippen LogP contribution is -2.48. The van der Waals surface area contributed by atoms with E-state index in [9.17, 15) is 13.2 Å². The maximum atomic E-state index is 12.6. The number of carbonyl (C=O) groups is 1. The summed E-state index contributed by atoms with van der Waals surface area (Å²) < 4.78 is 26.8. The van der Waals surface area contributed by atoms with Crippen LogP contribution in [0.25, 0.3) is 11.1 Å². The van der Waals surface area contributed by atoms with E-state index in [1.165, 1.54) is 11.1 Å². The van der Waals surface area contributed by atoms with Crippen LogP contribution >= 0.6 is 0 Å². The van der Waals surface area contributed by atoms with E-state index in [1.807, 2.05) is 24.3 Å². The number of carbonyl (C=O) groups excluding carboxylic acids is 1. The number of likely N-dealkylation sites (tertiary alicyclic amines) is 1. The minimum absolute atomic E-state index is 0.112. The Bertz CT molecular complexity index is 993. The average molecular weight is 430 g/mol. The van der Waals surface area contributed by atoms with Crippen molar-refractivity contribution in [3.05, 3.63) is 53.6 Å². The summed E-state index contributed by atoms with van der Waals surface area (Å²) in [7, 11) is -3.29. The standard InChI is InChI=1S/C23H31N3O3S/c1-16(2)30(28,29)25-22-11-13-26(14-12-22)23(27)24-21-9-7-19(8-10-21)20-6-5-17(3)18(4)15-20/h5-10,15-16,22,25H,11-14H2,1-4H3,(H,24,27). The molecular formula is C23H31N3O3S. The van der Waals surface area contributed by atoms with Gasteiger partial charge in [0, 0.05) is 24.8 Å². The predicted molar refractivity (Wildman–Crippen MR) is 122 cm³/mol. The van der Waals surface area contributed by atoms with E-state index < -0.39 is 15.3 Å². The van der Waals surface area contributed by atoms with Gasteiger partial charge in [-0.3, -0.25) is 0 Å². The second kappa shape index (κ2) is 9.18. The molecule has 2 N–H and O–H groups in total. The predicted octanol–water partition coefficient (Wildman–Crippen LogP) is 4.29. The molecule has 0 bridgehead atoms. The van der Waals surface area contributed by atoms with Crippen molar-refractivity contribution >= 4 is 21.7 Å². The number of nitrogens with zero attached hydrogens (tertiary/aromatic N) is 1. The number of urea groups is 1. The van der Waals surface area contributed by atoms with Crippen LogP contribution in [0.1, 0.15) is 37.8 Å². The third-order valence-electron chi connectivity index (χ3n) is 5.71. The smallest absolute Gasteiger partial charge is 0.321 e.